The molecule has 20 heavy (non-hydrogen) atoms. The summed E-state index contributed by atoms with van der Waals surface area (Å²) in [5, 5.41) is 14.7. The van der Waals surface area contributed by atoms with Gasteiger partial charge < -0.3 is 15.3 Å². The first-order chi connectivity index (χ1) is 9.58. The minimum atomic E-state index is -0.762. The highest BCUT2D eigenvalue weighted by Crippen LogP contribution is 2.18. The van der Waals surface area contributed by atoms with E-state index in [2.05, 4.69) is 10.3 Å². The van der Waals surface area contributed by atoms with E-state index in [0.717, 1.165) is 5.01 Å². The SMILES string of the molecule is CC(CNC(=O)N1CCC(C(=O)O)CC1)c1nccs1. The van der Waals surface area contributed by atoms with Gasteiger partial charge in [0.05, 0.1) is 10.9 Å². The maximum Gasteiger partial charge on any atom is 0.317 e. The molecule has 0 radical (unpaired) electrons. The number of rotatable bonds is 4. The van der Waals surface area contributed by atoms with Crippen LogP contribution in [0.1, 0.15) is 30.7 Å². The van der Waals surface area contributed by atoms with E-state index in [-0.39, 0.29) is 17.9 Å². The van der Waals surface area contributed by atoms with Crippen molar-refractivity contribution in [2.24, 2.45) is 5.92 Å². The maximum absolute atomic E-state index is 12.0. The van der Waals surface area contributed by atoms with E-state index in [0.29, 0.717) is 32.5 Å². The number of amides is 2. The lowest BCUT2D eigenvalue weighted by Crippen LogP contribution is -2.46. The number of likely N-dealkylation sites (tertiary alicyclic amines) is 1. The Hall–Kier alpha value is -1.63. The number of piperidine rings is 1. The Kier molecular flexibility index (Phi) is 4.94. The molecule has 1 atom stereocenters. The van der Waals surface area contributed by atoms with Gasteiger partial charge in [-0.1, -0.05) is 6.92 Å². The molecule has 1 unspecified atom stereocenters. The summed E-state index contributed by atoms with van der Waals surface area (Å²) in [6.07, 6.45) is 2.82. The van der Waals surface area contributed by atoms with Crippen LogP contribution in [0.25, 0.3) is 0 Å². The molecular weight excluding hydrogens is 278 g/mol. The second-order valence-electron chi connectivity index (χ2n) is 5.06. The fourth-order valence-electron chi connectivity index (χ4n) is 2.25. The van der Waals surface area contributed by atoms with Gasteiger partial charge in [0.1, 0.15) is 0 Å². The molecule has 2 heterocycles. The van der Waals surface area contributed by atoms with Crippen molar-refractivity contribution in [1.82, 2.24) is 15.2 Å². The summed E-state index contributed by atoms with van der Waals surface area (Å²) in [6.45, 7) is 3.59. The van der Waals surface area contributed by atoms with Crippen molar-refractivity contribution in [2.45, 2.75) is 25.7 Å². The van der Waals surface area contributed by atoms with Crippen molar-refractivity contribution in [3.8, 4) is 0 Å². The second kappa shape index (κ2) is 6.69. The van der Waals surface area contributed by atoms with Crippen LogP contribution in [0.2, 0.25) is 0 Å². The van der Waals surface area contributed by atoms with Gasteiger partial charge in [-0.2, -0.15) is 0 Å². The monoisotopic (exact) mass is 297 g/mol. The molecule has 0 aromatic carbocycles. The lowest BCUT2D eigenvalue weighted by atomic mass is 9.97. The molecule has 1 aromatic heterocycles. The first-order valence-corrected chi connectivity index (χ1v) is 7.61. The van der Waals surface area contributed by atoms with Gasteiger partial charge in [-0.25, -0.2) is 9.78 Å². The van der Waals surface area contributed by atoms with E-state index >= 15 is 0 Å². The van der Waals surface area contributed by atoms with Crippen LogP contribution in [0.5, 0.6) is 0 Å². The number of carboxylic acids is 1. The fourth-order valence-corrected chi connectivity index (χ4v) is 2.95. The number of hydrogen-bond acceptors (Lipinski definition) is 4. The Balaban J connectivity index is 1.74. The third-order valence-corrected chi connectivity index (χ3v) is 4.57. The molecular formula is C13H19N3O3S. The van der Waals surface area contributed by atoms with Gasteiger partial charge in [0.15, 0.2) is 0 Å². The number of nitrogens with zero attached hydrogens (tertiary/aromatic N) is 2. The average Bonchev–Trinajstić information content (AvgIpc) is 2.98. The normalized spacial score (nSPS) is 17.8. The zero-order valence-electron chi connectivity index (χ0n) is 11.4. The van der Waals surface area contributed by atoms with Crippen LogP contribution in [0.4, 0.5) is 4.79 Å². The van der Waals surface area contributed by atoms with Crippen molar-refractivity contribution < 1.29 is 14.7 Å². The minimum absolute atomic E-state index is 0.114. The van der Waals surface area contributed by atoms with Crippen molar-refractivity contribution >= 4 is 23.3 Å². The maximum atomic E-state index is 12.0. The molecule has 2 N–H and O–H groups in total. The van der Waals surface area contributed by atoms with Crippen LogP contribution in [0, 0.1) is 5.92 Å². The molecule has 2 amide bonds. The third-order valence-electron chi connectivity index (χ3n) is 3.56. The standard InChI is InChI=1S/C13H19N3O3S/c1-9(11-14-4-7-20-11)8-15-13(19)16-5-2-10(3-6-16)12(17)18/h4,7,9-10H,2-3,5-6,8H2,1H3,(H,15,19)(H,17,18). The molecule has 1 aromatic rings. The van der Waals surface area contributed by atoms with Gasteiger partial charge in [0.2, 0.25) is 0 Å². The number of aliphatic carboxylic acids is 1. The summed E-state index contributed by atoms with van der Waals surface area (Å²) in [6, 6.07) is -0.114. The topological polar surface area (TPSA) is 82.5 Å². The molecule has 1 fully saturated rings. The fraction of sp³-hybridized carbons (Fsp3) is 0.615. The molecule has 1 aliphatic rings. The lowest BCUT2D eigenvalue weighted by molar-refractivity contribution is -0.143. The zero-order valence-corrected chi connectivity index (χ0v) is 12.2. The largest absolute Gasteiger partial charge is 0.481 e. The first kappa shape index (κ1) is 14.8. The highest BCUT2D eigenvalue weighted by molar-refractivity contribution is 7.09. The number of thiazole rings is 1. The Bertz CT molecular complexity index is 455. The Morgan fingerprint density at radius 3 is 2.80 bits per heavy atom. The van der Waals surface area contributed by atoms with Crippen molar-refractivity contribution in [1.29, 1.82) is 0 Å². The number of urea groups is 1. The number of nitrogens with one attached hydrogen (secondary N) is 1. The predicted octanol–water partition coefficient (Wildman–Crippen LogP) is 1.75. The molecule has 1 saturated heterocycles. The highest BCUT2D eigenvalue weighted by atomic mass is 32.1. The van der Waals surface area contributed by atoms with Crippen LogP contribution in [0.3, 0.4) is 0 Å². The van der Waals surface area contributed by atoms with Crippen LogP contribution in [-0.4, -0.2) is 46.6 Å². The number of aromatic nitrogens is 1. The summed E-state index contributed by atoms with van der Waals surface area (Å²) in [5.74, 6) is -0.883. The molecule has 0 spiro atoms. The summed E-state index contributed by atoms with van der Waals surface area (Å²) in [4.78, 5) is 28.8. The molecule has 0 aliphatic carbocycles. The van der Waals surface area contributed by atoms with Gasteiger partial charge >= 0.3 is 12.0 Å². The van der Waals surface area contributed by atoms with Crippen LogP contribution in [-0.2, 0) is 4.79 Å². The quantitative estimate of drug-likeness (QED) is 0.887. The van der Waals surface area contributed by atoms with Crippen LogP contribution in [0.15, 0.2) is 11.6 Å². The Morgan fingerprint density at radius 1 is 1.55 bits per heavy atom. The van der Waals surface area contributed by atoms with Gasteiger partial charge in [0.25, 0.3) is 0 Å². The van der Waals surface area contributed by atoms with Crippen molar-refractivity contribution in [3.63, 3.8) is 0 Å². The summed E-state index contributed by atoms with van der Waals surface area (Å²) < 4.78 is 0. The van der Waals surface area contributed by atoms with Gasteiger partial charge in [-0.3, -0.25) is 4.79 Å². The summed E-state index contributed by atoms with van der Waals surface area (Å²) in [5.41, 5.74) is 0. The molecule has 110 valence electrons. The molecule has 2 rings (SSSR count). The molecule has 7 heteroatoms. The summed E-state index contributed by atoms with van der Waals surface area (Å²) in [7, 11) is 0. The molecule has 0 bridgehead atoms. The third kappa shape index (κ3) is 3.69. The Labute approximate surface area is 121 Å². The van der Waals surface area contributed by atoms with Crippen LogP contribution >= 0.6 is 11.3 Å². The predicted molar refractivity (Wildman–Crippen MR) is 75.9 cm³/mol. The minimum Gasteiger partial charge on any atom is -0.481 e. The highest BCUT2D eigenvalue weighted by Gasteiger charge is 2.27. The lowest BCUT2D eigenvalue weighted by Gasteiger charge is -2.30. The van der Waals surface area contributed by atoms with Crippen molar-refractivity contribution in [3.05, 3.63) is 16.6 Å². The second-order valence-corrected chi connectivity index (χ2v) is 5.98. The van der Waals surface area contributed by atoms with Gasteiger partial charge in [-0.05, 0) is 12.8 Å². The van der Waals surface area contributed by atoms with E-state index in [1.165, 1.54) is 0 Å². The number of carbonyl (C=O) groups is 2. The van der Waals surface area contributed by atoms with Gasteiger partial charge in [-0.15, -0.1) is 11.3 Å². The molecule has 1 aliphatic heterocycles. The van der Waals surface area contributed by atoms with E-state index in [4.69, 9.17) is 5.11 Å². The average molecular weight is 297 g/mol. The van der Waals surface area contributed by atoms with E-state index < -0.39 is 5.97 Å². The van der Waals surface area contributed by atoms with Crippen LogP contribution < -0.4 is 5.32 Å². The van der Waals surface area contributed by atoms with E-state index in [1.54, 1.807) is 22.4 Å². The molecule has 6 nitrogen and oxygen atoms in total. The van der Waals surface area contributed by atoms with E-state index in [1.807, 2.05) is 12.3 Å². The summed E-state index contributed by atoms with van der Waals surface area (Å²) >= 11 is 1.58. The molecule has 0 saturated carbocycles. The first-order valence-electron chi connectivity index (χ1n) is 6.73. The van der Waals surface area contributed by atoms with Crippen molar-refractivity contribution in [2.75, 3.05) is 19.6 Å². The van der Waals surface area contributed by atoms with E-state index in [9.17, 15) is 9.59 Å². The Morgan fingerprint density at radius 2 is 2.25 bits per heavy atom. The number of carbonyl (C=O) groups excluding carboxylic acids is 1. The zero-order chi connectivity index (χ0) is 14.5. The number of carboxylic acid groups (broad SMARTS) is 1. The number of hydrogen-bond donors (Lipinski definition) is 2. The van der Waals surface area contributed by atoms with Gasteiger partial charge in [0, 0.05) is 37.1 Å². The smallest absolute Gasteiger partial charge is 0.317 e.